The molecule has 3 atom stereocenters. The van der Waals surface area contributed by atoms with Crippen molar-refractivity contribution in [2.45, 2.75) is 68.4 Å². The van der Waals surface area contributed by atoms with Crippen molar-refractivity contribution in [1.82, 2.24) is 0 Å². The smallest absolute Gasteiger partial charge is 0.390 e. The van der Waals surface area contributed by atoms with Crippen molar-refractivity contribution in [3.63, 3.8) is 0 Å². The fourth-order valence-corrected chi connectivity index (χ4v) is 6.09. The molecule has 4 nitrogen and oxygen atoms in total. The van der Waals surface area contributed by atoms with Crippen LogP contribution >= 0.6 is 0 Å². The molecule has 0 amide bonds. The van der Waals surface area contributed by atoms with Crippen molar-refractivity contribution in [3.05, 3.63) is 65.2 Å². The van der Waals surface area contributed by atoms with Crippen LogP contribution in [0.4, 0.5) is 13.2 Å². The van der Waals surface area contributed by atoms with Gasteiger partial charge in [-0.15, -0.1) is 0 Å². The number of aryl methyl sites for hydroxylation is 1. The van der Waals surface area contributed by atoms with Crippen LogP contribution < -0.4 is 4.18 Å². The fourth-order valence-electron chi connectivity index (χ4n) is 5.64. The Hall–Kier alpha value is -2.06. The van der Waals surface area contributed by atoms with E-state index in [0.29, 0.717) is 32.1 Å². The van der Waals surface area contributed by atoms with E-state index in [-0.39, 0.29) is 11.7 Å². The first-order valence-corrected chi connectivity index (χ1v) is 12.3. The summed E-state index contributed by atoms with van der Waals surface area (Å²) in [5.41, 5.74) is -3.70. The zero-order chi connectivity index (χ0) is 23.2. The molecular weight excluding hydrogens is 441 g/mol. The fraction of sp³-hybridized carbons (Fsp3) is 0.500. The Kier molecular flexibility index (Phi) is 5.82. The summed E-state index contributed by atoms with van der Waals surface area (Å²) in [6.45, 7) is 1.99. The Morgan fingerprint density at radius 1 is 1.12 bits per heavy atom. The standard InChI is InChI=1S/C24H27F3O4S/c1-2-22(28)13-14-23(18-8-4-3-5-9-18)19(16-22)10-6-7-17-15-20(11-12-21(17)23)31-32(29,30)24(25,26)27/h3-5,8-9,11-12,15,19,28H,2,6-7,10,13-14,16H2,1H3/t19-,22+,23?/m0/s1. The van der Waals surface area contributed by atoms with Gasteiger partial charge in [0.1, 0.15) is 5.75 Å². The van der Waals surface area contributed by atoms with Crippen LogP contribution in [0.25, 0.3) is 0 Å². The first-order chi connectivity index (χ1) is 15.0. The van der Waals surface area contributed by atoms with Crippen molar-refractivity contribution < 1.29 is 30.9 Å². The molecule has 2 aromatic carbocycles. The van der Waals surface area contributed by atoms with Crippen molar-refractivity contribution in [2.24, 2.45) is 5.92 Å². The minimum absolute atomic E-state index is 0.163. The van der Waals surface area contributed by atoms with E-state index >= 15 is 0 Å². The second kappa shape index (κ2) is 8.06. The van der Waals surface area contributed by atoms with Gasteiger partial charge >= 0.3 is 15.6 Å². The highest BCUT2D eigenvalue weighted by Crippen LogP contribution is 2.56. The molecule has 2 aliphatic carbocycles. The molecule has 1 N–H and O–H groups in total. The number of hydrogen-bond donors (Lipinski definition) is 1. The minimum Gasteiger partial charge on any atom is -0.390 e. The second-order valence-electron chi connectivity index (χ2n) is 9.01. The van der Waals surface area contributed by atoms with Crippen LogP contribution in [0.1, 0.15) is 62.1 Å². The average molecular weight is 469 g/mol. The molecule has 1 fully saturated rings. The Morgan fingerprint density at radius 2 is 1.84 bits per heavy atom. The van der Waals surface area contributed by atoms with Gasteiger partial charge in [0.25, 0.3) is 0 Å². The number of halogens is 3. The molecule has 0 spiro atoms. The van der Waals surface area contributed by atoms with Gasteiger partial charge in [-0.1, -0.05) is 43.3 Å². The summed E-state index contributed by atoms with van der Waals surface area (Å²) in [7, 11) is -5.73. The van der Waals surface area contributed by atoms with Gasteiger partial charge < -0.3 is 9.29 Å². The zero-order valence-electron chi connectivity index (χ0n) is 17.9. The summed E-state index contributed by atoms with van der Waals surface area (Å²) in [6, 6.07) is 14.5. The lowest BCUT2D eigenvalue weighted by Crippen LogP contribution is -2.48. The topological polar surface area (TPSA) is 63.6 Å². The third-order valence-corrected chi connectivity index (χ3v) is 8.28. The number of alkyl halides is 3. The minimum atomic E-state index is -5.73. The van der Waals surface area contributed by atoms with Crippen molar-refractivity contribution in [1.29, 1.82) is 0 Å². The van der Waals surface area contributed by atoms with Gasteiger partial charge in [0.15, 0.2) is 0 Å². The second-order valence-corrected chi connectivity index (χ2v) is 10.5. The number of hydrogen-bond acceptors (Lipinski definition) is 4. The molecule has 0 radical (unpaired) electrons. The molecule has 0 aromatic heterocycles. The number of aliphatic hydroxyl groups is 1. The third kappa shape index (κ3) is 3.92. The summed E-state index contributed by atoms with van der Waals surface area (Å²) in [5, 5.41) is 11.1. The first-order valence-electron chi connectivity index (χ1n) is 10.9. The monoisotopic (exact) mass is 468 g/mol. The normalized spacial score (nSPS) is 28.3. The summed E-state index contributed by atoms with van der Waals surface area (Å²) in [6.07, 6.45) is 4.91. The Bertz CT molecular complexity index is 1080. The number of fused-ring (bicyclic) bond motifs is 3. The molecule has 8 heteroatoms. The van der Waals surface area contributed by atoms with E-state index in [1.807, 2.05) is 25.1 Å². The SMILES string of the molecule is CC[C@@]1(O)CCC2(c3ccccc3)c3ccc(OS(=O)(=O)C(F)(F)F)cc3CCC[C@H]2C1. The molecule has 0 saturated heterocycles. The average Bonchev–Trinajstić information content (AvgIpc) is 2.90. The van der Waals surface area contributed by atoms with Crippen molar-refractivity contribution in [2.75, 3.05) is 0 Å². The van der Waals surface area contributed by atoms with Crippen molar-refractivity contribution >= 4 is 10.1 Å². The summed E-state index contributed by atoms with van der Waals surface area (Å²) in [5.74, 6) is -0.167. The summed E-state index contributed by atoms with van der Waals surface area (Å²) >= 11 is 0. The lowest BCUT2D eigenvalue weighted by molar-refractivity contribution is -0.0500. The van der Waals surface area contributed by atoms with Gasteiger partial charge in [0.05, 0.1) is 5.60 Å². The van der Waals surface area contributed by atoms with Gasteiger partial charge in [-0.2, -0.15) is 21.6 Å². The summed E-state index contributed by atoms with van der Waals surface area (Å²) < 4.78 is 65.8. The number of benzene rings is 2. The highest BCUT2D eigenvalue weighted by molar-refractivity contribution is 7.88. The zero-order valence-corrected chi connectivity index (χ0v) is 18.7. The molecule has 0 heterocycles. The van der Waals surface area contributed by atoms with E-state index in [0.717, 1.165) is 29.5 Å². The van der Waals surface area contributed by atoms with Gasteiger partial charge in [-0.05, 0) is 79.7 Å². The maximum absolute atomic E-state index is 12.8. The van der Waals surface area contributed by atoms with E-state index in [1.54, 1.807) is 6.07 Å². The van der Waals surface area contributed by atoms with Crippen LogP contribution in [-0.4, -0.2) is 24.6 Å². The van der Waals surface area contributed by atoms with E-state index < -0.39 is 26.6 Å². The van der Waals surface area contributed by atoms with Crippen LogP contribution in [0.2, 0.25) is 0 Å². The molecule has 2 aliphatic rings. The maximum Gasteiger partial charge on any atom is 0.534 e. The van der Waals surface area contributed by atoms with Crippen LogP contribution in [-0.2, 0) is 22.0 Å². The quantitative estimate of drug-likeness (QED) is 0.477. The largest absolute Gasteiger partial charge is 0.534 e. The van der Waals surface area contributed by atoms with E-state index in [1.165, 1.54) is 12.1 Å². The van der Waals surface area contributed by atoms with Crippen LogP contribution in [0.5, 0.6) is 5.75 Å². The maximum atomic E-state index is 12.8. The molecule has 1 unspecified atom stereocenters. The molecule has 2 aromatic rings. The van der Waals surface area contributed by atoms with Gasteiger partial charge in [0, 0.05) is 5.41 Å². The Labute approximate surface area is 186 Å². The highest BCUT2D eigenvalue weighted by atomic mass is 32.2. The van der Waals surface area contributed by atoms with Crippen LogP contribution in [0, 0.1) is 5.92 Å². The molecule has 174 valence electrons. The van der Waals surface area contributed by atoms with Crippen LogP contribution in [0.15, 0.2) is 48.5 Å². The molecule has 32 heavy (non-hydrogen) atoms. The molecule has 1 saturated carbocycles. The summed E-state index contributed by atoms with van der Waals surface area (Å²) in [4.78, 5) is 0. The van der Waals surface area contributed by atoms with Crippen LogP contribution in [0.3, 0.4) is 0 Å². The van der Waals surface area contributed by atoms with E-state index in [2.05, 4.69) is 16.3 Å². The predicted octanol–water partition coefficient (Wildman–Crippen LogP) is 5.48. The van der Waals surface area contributed by atoms with E-state index in [9.17, 15) is 26.7 Å². The highest BCUT2D eigenvalue weighted by Gasteiger charge is 2.52. The lowest BCUT2D eigenvalue weighted by atomic mass is 9.55. The van der Waals surface area contributed by atoms with E-state index in [4.69, 9.17) is 0 Å². The molecular formula is C24H27F3O4S. The third-order valence-electron chi connectivity index (χ3n) is 7.30. The Morgan fingerprint density at radius 3 is 2.50 bits per heavy atom. The van der Waals surface area contributed by atoms with Gasteiger partial charge in [-0.3, -0.25) is 0 Å². The first kappa shape index (κ1) is 23.1. The Balaban J connectivity index is 1.82. The van der Waals surface area contributed by atoms with Gasteiger partial charge in [-0.25, -0.2) is 0 Å². The lowest BCUT2D eigenvalue weighted by Gasteiger charge is -2.50. The number of rotatable bonds is 4. The van der Waals surface area contributed by atoms with Gasteiger partial charge in [0.2, 0.25) is 0 Å². The van der Waals surface area contributed by atoms with Crippen molar-refractivity contribution in [3.8, 4) is 5.75 Å². The molecule has 0 bridgehead atoms. The predicted molar refractivity (Wildman–Crippen MR) is 115 cm³/mol. The molecule has 0 aliphatic heterocycles. The molecule has 4 rings (SSSR count).